The van der Waals surface area contributed by atoms with Crippen LogP contribution in [0.2, 0.25) is 0 Å². The molecule has 1 aromatic rings. The largest absolute Gasteiger partial charge is 0.376 e. The molecule has 0 aliphatic rings. The van der Waals surface area contributed by atoms with E-state index in [0.29, 0.717) is 19.8 Å². The molecule has 1 heterocycles. The van der Waals surface area contributed by atoms with Gasteiger partial charge in [-0.15, -0.1) is 0 Å². The van der Waals surface area contributed by atoms with Crippen molar-refractivity contribution >= 4 is 17.8 Å². The molecule has 0 amide bonds. The molecule has 0 bridgehead atoms. The highest BCUT2D eigenvalue weighted by molar-refractivity contribution is 5.45. The van der Waals surface area contributed by atoms with E-state index in [1.807, 2.05) is 20.8 Å². The Labute approximate surface area is 178 Å². The lowest BCUT2D eigenvalue weighted by molar-refractivity contribution is 0.114. The van der Waals surface area contributed by atoms with Crippen molar-refractivity contribution in [2.45, 2.75) is 40.0 Å². The number of anilines is 3. The number of rotatable bonds is 18. The Bertz CT molecular complexity index is 481. The monoisotopic (exact) mass is 432 g/mol. The van der Waals surface area contributed by atoms with Crippen molar-refractivity contribution in [2.75, 3.05) is 74.9 Å². The number of nitrogens with zero attached hydrogens (tertiary/aromatic N) is 6. The van der Waals surface area contributed by atoms with Crippen LogP contribution in [0.5, 0.6) is 0 Å². The molecule has 0 unspecified atom stereocenters. The van der Waals surface area contributed by atoms with Gasteiger partial charge in [0.05, 0.1) is 0 Å². The molecule has 1 aromatic heterocycles. The average molecular weight is 433 g/mol. The fourth-order valence-corrected chi connectivity index (χ4v) is 2.21. The zero-order chi connectivity index (χ0) is 22.2. The molecule has 0 fully saturated rings. The number of aliphatic hydroxyl groups is 3. The van der Waals surface area contributed by atoms with Gasteiger partial charge in [0.1, 0.15) is 40.4 Å². The molecule has 0 saturated carbocycles. The Morgan fingerprint density at radius 2 is 0.833 bits per heavy atom. The SMILES string of the molecule is CCCOCN(CO)c1nc(N(CO)COCCC)nc(N(CO)COCCC)n1. The molecule has 0 aliphatic carbocycles. The Morgan fingerprint density at radius 3 is 1.03 bits per heavy atom. The quantitative estimate of drug-likeness (QED) is 0.217. The molecule has 0 spiro atoms. The lowest BCUT2D eigenvalue weighted by Crippen LogP contribution is -2.35. The minimum Gasteiger partial charge on any atom is -0.376 e. The van der Waals surface area contributed by atoms with Crippen LogP contribution in [0, 0.1) is 0 Å². The lowest BCUT2D eigenvalue weighted by Gasteiger charge is -2.26. The first-order valence-corrected chi connectivity index (χ1v) is 10.2. The summed E-state index contributed by atoms with van der Waals surface area (Å²) in [4.78, 5) is 17.3. The van der Waals surface area contributed by atoms with Gasteiger partial charge in [0.15, 0.2) is 0 Å². The summed E-state index contributed by atoms with van der Waals surface area (Å²) in [6.45, 7) is 6.55. The molecular weight excluding hydrogens is 396 g/mol. The predicted molar refractivity (Wildman–Crippen MR) is 112 cm³/mol. The zero-order valence-corrected chi connectivity index (χ0v) is 18.2. The van der Waals surface area contributed by atoms with Crippen LogP contribution in [0.15, 0.2) is 0 Å². The molecule has 0 atom stereocenters. The fourth-order valence-electron chi connectivity index (χ4n) is 2.21. The van der Waals surface area contributed by atoms with Gasteiger partial charge in [0.25, 0.3) is 0 Å². The fraction of sp³-hybridized carbons (Fsp3) is 0.833. The zero-order valence-electron chi connectivity index (χ0n) is 18.2. The van der Waals surface area contributed by atoms with Crippen LogP contribution >= 0.6 is 0 Å². The maximum absolute atomic E-state index is 9.77. The third-order valence-corrected chi connectivity index (χ3v) is 3.75. The van der Waals surface area contributed by atoms with Crippen LogP contribution in [-0.4, -0.2) is 90.5 Å². The molecule has 0 radical (unpaired) electrons. The van der Waals surface area contributed by atoms with Crippen LogP contribution in [0.3, 0.4) is 0 Å². The van der Waals surface area contributed by atoms with E-state index in [9.17, 15) is 15.3 Å². The van der Waals surface area contributed by atoms with E-state index in [4.69, 9.17) is 14.2 Å². The van der Waals surface area contributed by atoms with E-state index in [0.717, 1.165) is 19.3 Å². The Morgan fingerprint density at radius 1 is 0.567 bits per heavy atom. The van der Waals surface area contributed by atoms with Crippen LogP contribution in [-0.2, 0) is 14.2 Å². The maximum atomic E-state index is 9.77. The number of hydrogen-bond donors (Lipinski definition) is 3. The van der Waals surface area contributed by atoms with Gasteiger partial charge < -0.3 is 29.5 Å². The predicted octanol–water partition coefficient (Wildman–Crippen LogP) is 0.293. The van der Waals surface area contributed by atoms with Gasteiger partial charge in [-0.2, -0.15) is 15.0 Å². The molecular formula is C18H36N6O6. The smallest absolute Gasteiger partial charge is 0.235 e. The van der Waals surface area contributed by atoms with E-state index in [-0.39, 0.29) is 58.2 Å². The van der Waals surface area contributed by atoms with Crippen molar-refractivity contribution in [1.82, 2.24) is 15.0 Å². The highest BCUT2D eigenvalue weighted by atomic mass is 16.5. The van der Waals surface area contributed by atoms with Crippen molar-refractivity contribution in [1.29, 1.82) is 0 Å². The van der Waals surface area contributed by atoms with E-state index in [1.165, 1.54) is 14.7 Å². The molecule has 174 valence electrons. The molecule has 3 N–H and O–H groups in total. The summed E-state index contributed by atoms with van der Waals surface area (Å²) < 4.78 is 16.5. The van der Waals surface area contributed by atoms with Gasteiger partial charge in [-0.25, -0.2) is 0 Å². The Balaban J connectivity index is 3.20. The van der Waals surface area contributed by atoms with Crippen LogP contribution in [0.4, 0.5) is 17.8 Å². The second kappa shape index (κ2) is 15.9. The van der Waals surface area contributed by atoms with E-state index >= 15 is 0 Å². The van der Waals surface area contributed by atoms with E-state index in [2.05, 4.69) is 15.0 Å². The summed E-state index contributed by atoms with van der Waals surface area (Å²) in [5, 5.41) is 29.3. The number of aliphatic hydroxyl groups excluding tert-OH is 3. The minimum absolute atomic E-state index is 0.0736. The molecule has 0 saturated heterocycles. The van der Waals surface area contributed by atoms with Crippen molar-refractivity contribution < 1.29 is 29.5 Å². The molecule has 1 rings (SSSR count). The van der Waals surface area contributed by atoms with Gasteiger partial charge in [-0.3, -0.25) is 14.7 Å². The molecule has 30 heavy (non-hydrogen) atoms. The first-order chi connectivity index (χ1) is 14.6. The van der Waals surface area contributed by atoms with E-state index in [1.54, 1.807) is 0 Å². The number of aromatic nitrogens is 3. The summed E-state index contributed by atoms with van der Waals surface area (Å²) in [6.07, 6.45) is 2.48. The summed E-state index contributed by atoms with van der Waals surface area (Å²) >= 11 is 0. The molecule has 0 aromatic carbocycles. The molecule has 12 heteroatoms. The van der Waals surface area contributed by atoms with Gasteiger partial charge in [0.2, 0.25) is 17.8 Å². The van der Waals surface area contributed by atoms with Gasteiger partial charge in [-0.05, 0) is 19.3 Å². The first-order valence-electron chi connectivity index (χ1n) is 10.2. The standard InChI is InChI=1S/C18H36N6O6/c1-4-7-28-13-22(10-25)16-19-17(23(11-26)14-29-8-5-2)21-18(20-16)24(12-27)15-30-9-6-3/h25-27H,4-15H2,1-3H3. The highest BCUT2D eigenvalue weighted by Gasteiger charge is 2.20. The second-order valence-corrected chi connectivity index (χ2v) is 6.39. The van der Waals surface area contributed by atoms with Gasteiger partial charge in [-0.1, -0.05) is 20.8 Å². The van der Waals surface area contributed by atoms with Crippen molar-refractivity contribution in [2.24, 2.45) is 0 Å². The summed E-state index contributed by atoms with van der Waals surface area (Å²) in [6, 6.07) is 0. The number of ether oxygens (including phenoxy) is 3. The van der Waals surface area contributed by atoms with Crippen LogP contribution in [0.25, 0.3) is 0 Å². The topological polar surface area (TPSA) is 137 Å². The Hall–Kier alpha value is -1.83. The summed E-state index contributed by atoms with van der Waals surface area (Å²) in [7, 11) is 0. The third-order valence-electron chi connectivity index (χ3n) is 3.75. The summed E-state index contributed by atoms with van der Waals surface area (Å²) in [5.74, 6) is 0.407. The van der Waals surface area contributed by atoms with Crippen molar-refractivity contribution in [3.05, 3.63) is 0 Å². The highest BCUT2D eigenvalue weighted by Crippen LogP contribution is 2.19. The van der Waals surface area contributed by atoms with Crippen molar-refractivity contribution in [3.8, 4) is 0 Å². The average Bonchev–Trinajstić information content (AvgIpc) is 2.77. The Kier molecular flexibility index (Phi) is 13.9. The number of hydrogen-bond acceptors (Lipinski definition) is 12. The summed E-state index contributed by atoms with van der Waals surface area (Å²) in [5.41, 5.74) is 0. The lowest BCUT2D eigenvalue weighted by atomic mass is 10.5. The molecule has 0 aliphatic heterocycles. The third kappa shape index (κ3) is 8.90. The van der Waals surface area contributed by atoms with Crippen LogP contribution in [0.1, 0.15) is 40.0 Å². The van der Waals surface area contributed by atoms with Gasteiger partial charge in [0, 0.05) is 19.8 Å². The maximum Gasteiger partial charge on any atom is 0.235 e. The van der Waals surface area contributed by atoms with Crippen molar-refractivity contribution in [3.63, 3.8) is 0 Å². The van der Waals surface area contributed by atoms with E-state index < -0.39 is 0 Å². The van der Waals surface area contributed by atoms with Gasteiger partial charge >= 0.3 is 0 Å². The second-order valence-electron chi connectivity index (χ2n) is 6.39. The van der Waals surface area contributed by atoms with Crippen LogP contribution < -0.4 is 14.7 Å². The first kappa shape index (κ1) is 26.2. The molecule has 12 nitrogen and oxygen atoms in total. The minimum atomic E-state index is -0.385. The normalized spacial score (nSPS) is 11.0.